The molecule has 0 fully saturated rings. The largest absolute Gasteiger partial charge is 0.466 e. The first kappa shape index (κ1) is 51.3. The normalized spacial score (nSPS) is 12.9. The number of unbranched alkanes of at least 4 members (excludes halogenated alkanes) is 27. The number of carbonyl (C=O) groups excluding carboxylic acids is 2. The minimum absolute atomic E-state index is 0.0227. The molecule has 0 aliphatic carbocycles. The van der Waals surface area contributed by atoms with Crippen LogP contribution in [0.2, 0.25) is 0 Å². The molecule has 0 aliphatic rings. The Morgan fingerprint density at radius 3 is 1.38 bits per heavy atom. The van der Waals surface area contributed by atoms with Gasteiger partial charge in [-0.05, 0) is 77.0 Å². The Balaban J connectivity index is 3.50. The lowest BCUT2D eigenvalue weighted by Crippen LogP contribution is -2.45. The minimum atomic E-state index is -0.679. The van der Waals surface area contributed by atoms with Gasteiger partial charge in [-0.3, -0.25) is 9.59 Å². The van der Waals surface area contributed by atoms with Gasteiger partial charge in [0.2, 0.25) is 5.91 Å². The van der Waals surface area contributed by atoms with Gasteiger partial charge in [-0.15, -0.1) is 0 Å². The van der Waals surface area contributed by atoms with Gasteiger partial charge in [0.1, 0.15) is 0 Å². The summed E-state index contributed by atoms with van der Waals surface area (Å²) < 4.78 is 5.43. The highest BCUT2D eigenvalue weighted by atomic mass is 16.5. The molecule has 6 heteroatoms. The molecular weight excluding hydrogens is 659 g/mol. The summed E-state index contributed by atoms with van der Waals surface area (Å²) in [5, 5.41) is 23.0. The third-order valence-corrected chi connectivity index (χ3v) is 10.5. The Morgan fingerprint density at radius 2 is 0.887 bits per heavy atom. The van der Waals surface area contributed by atoms with E-state index in [-0.39, 0.29) is 18.5 Å². The zero-order valence-electron chi connectivity index (χ0n) is 35.2. The zero-order valence-corrected chi connectivity index (χ0v) is 35.2. The van der Waals surface area contributed by atoms with Crippen molar-refractivity contribution in [2.45, 2.75) is 251 Å². The standard InChI is InChI=1S/C47H89NO5/c1-3-5-7-9-11-13-15-17-21-25-29-33-37-41-47(52)53-42-38-34-30-26-22-19-16-18-20-24-28-32-36-40-46(51)48-44(43-49)45(50)39-35-31-27-23-14-12-10-8-6-4-2/h13,15,18,20,44-45,49-50H,3-12,14,16-17,19,21-43H2,1-2H3,(H,48,51)/b15-13-,20-18-. The van der Waals surface area contributed by atoms with E-state index in [1.54, 1.807) is 0 Å². The van der Waals surface area contributed by atoms with Crippen LogP contribution in [-0.4, -0.2) is 47.4 Å². The van der Waals surface area contributed by atoms with Crippen LogP contribution in [0.5, 0.6) is 0 Å². The summed E-state index contributed by atoms with van der Waals surface area (Å²) in [5.41, 5.74) is 0. The molecule has 0 radical (unpaired) electrons. The van der Waals surface area contributed by atoms with Crippen molar-refractivity contribution in [1.82, 2.24) is 5.32 Å². The Bertz CT molecular complexity index is 828. The van der Waals surface area contributed by atoms with Crippen LogP contribution in [0.4, 0.5) is 0 Å². The van der Waals surface area contributed by atoms with E-state index >= 15 is 0 Å². The van der Waals surface area contributed by atoms with Crippen LogP contribution in [0.3, 0.4) is 0 Å². The molecule has 3 N–H and O–H groups in total. The fourth-order valence-electron chi connectivity index (χ4n) is 6.86. The van der Waals surface area contributed by atoms with Gasteiger partial charge in [0.25, 0.3) is 0 Å². The number of aliphatic hydroxyl groups is 2. The van der Waals surface area contributed by atoms with E-state index in [9.17, 15) is 19.8 Å². The van der Waals surface area contributed by atoms with E-state index in [0.29, 0.717) is 25.9 Å². The number of allylic oxidation sites excluding steroid dienone is 4. The van der Waals surface area contributed by atoms with Crippen molar-refractivity contribution in [3.05, 3.63) is 24.3 Å². The third kappa shape index (κ3) is 39.8. The lowest BCUT2D eigenvalue weighted by atomic mass is 10.0. The van der Waals surface area contributed by atoms with Gasteiger partial charge in [0.15, 0.2) is 0 Å². The molecule has 0 bridgehead atoms. The molecule has 2 unspecified atom stereocenters. The highest BCUT2D eigenvalue weighted by molar-refractivity contribution is 5.76. The highest BCUT2D eigenvalue weighted by Crippen LogP contribution is 2.14. The molecule has 0 aromatic carbocycles. The van der Waals surface area contributed by atoms with Gasteiger partial charge in [0.05, 0.1) is 25.4 Å². The molecule has 0 aliphatic heterocycles. The predicted octanol–water partition coefficient (Wildman–Crippen LogP) is 13.2. The van der Waals surface area contributed by atoms with Crippen LogP contribution in [0.1, 0.15) is 239 Å². The van der Waals surface area contributed by atoms with Crippen LogP contribution < -0.4 is 5.32 Å². The first-order chi connectivity index (χ1) is 26.0. The van der Waals surface area contributed by atoms with Gasteiger partial charge >= 0.3 is 5.97 Å². The van der Waals surface area contributed by atoms with Crippen molar-refractivity contribution in [1.29, 1.82) is 0 Å². The van der Waals surface area contributed by atoms with E-state index in [4.69, 9.17) is 4.74 Å². The molecule has 0 saturated carbocycles. The fourth-order valence-corrected chi connectivity index (χ4v) is 6.86. The topological polar surface area (TPSA) is 95.9 Å². The maximum atomic E-state index is 12.4. The molecule has 1 amide bonds. The SMILES string of the molecule is CCCCCC/C=C\CCCCCCCC(=O)OCCCCCCCC/C=C\CCCCCC(=O)NC(CO)C(O)CCCCCCCCCCCC. The van der Waals surface area contributed by atoms with Gasteiger partial charge in [0, 0.05) is 12.8 Å². The number of hydrogen-bond donors (Lipinski definition) is 3. The third-order valence-electron chi connectivity index (χ3n) is 10.5. The lowest BCUT2D eigenvalue weighted by molar-refractivity contribution is -0.143. The molecule has 2 atom stereocenters. The van der Waals surface area contributed by atoms with E-state index < -0.39 is 12.1 Å². The van der Waals surface area contributed by atoms with Gasteiger partial charge in [-0.25, -0.2) is 0 Å². The minimum Gasteiger partial charge on any atom is -0.466 e. The first-order valence-corrected chi connectivity index (χ1v) is 23.1. The molecule has 0 rings (SSSR count). The maximum Gasteiger partial charge on any atom is 0.305 e. The molecule has 0 saturated heterocycles. The number of aliphatic hydroxyl groups excluding tert-OH is 2. The number of esters is 1. The van der Waals surface area contributed by atoms with E-state index in [0.717, 1.165) is 70.6 Å². The number of carbonyl (C=O) groups is 2. The second-order valence-corrected chi connectivity index (χ2v) is 15.7. The van der Waals surface area contributed by atoms with Gasteiger partial charge in [-0.1, -0.05) is 173 Å². The van der Waals surface area contributed by atoms with Crippen LogP contribution in [0.25, 0.3) is 0 Å². The van der Waals surface area contributed by atoms with Crippen molar-refractivity contribution >= 4 is 11.9 Å². The maximum absolute atomic E-state index is 12.4. The molecular formula is C47H89NO5. The summed E-state index contributed by atoms with van der Waals surface area (Å²) in [4.78, 5) is 24.3. The molecule has 0 heterocycles. The summed E-state index contributed by atoms with van der Waals surface area (Å²) in [7, 11) is 0. The number of nitrogens with one attached hydrogen (secondary N) is 1. The number of ether oxygens (including phenoxy) is 1. The summed E-state index contributed by atoms with van der Waals surface area (Å²) in [6, 6.07) is -0.559. The monoisotopic (exact) mass is 748 g/mol. The lowest BCUT2D eigenvalue weighted by Gasteiger charge is -2.22. The number of amides is 1. The predicted molar refractivity (Wildman–Crippen MR) is 227 cm³/mol. The fraction of sp³-hybridized carbons (Fsp3) is 0.872. The Kier molecular flexibility index (Phi) is 41.7. The summed E-state index contributed by atoms with van der Waals surface area (Å²) in [6.45, 7) is 4.86. The number of rotatable bonds is 42. The quantitative estimate of drug-likeness (QED) is 0.0328. The summed E-state index contributed by atoms with van der Waals surface area (Å²) in [6.07, 6.45) is 48.5. The van der Waals surface area contributed by atoms with Crippen molar-refractivity contribution < 1.29 is 24.5 Å². The van der Waals surface area contributed by atoms with E-state index in [2.05, 4.69) is 43.5 Å². The van der Waals surface area contributed by atoms with Crippen molar-refractivity contribution in [3.63, 3.8) is 0 Å². The van der Waals surface area contributed by atoms with Crippen molar-refractivity contribution in [2.24, 2.45) is 0 Å². The molecule has 6 nitrogen and oxygen atoms in total. The molecule has 312 valence electrons. The van der Waals surface area contributed by atoms with Crippen LogP contribution >= 0.6 is 0 Å². The summed E-state index contributed by atoms with van der Waals surface area (Å²) >= 11 is 0. The molecule has 53 heavy (non-hydrogen) atoms. The van der Waals surface area contributed by atoms with E-state index in [1.165, 1.54) is 135 Å². The summed E-state index contributed by atoms with van der Waals surface area (Å²) in [5.74, 6) is -0.0909. The number of hydrogen-bond acceptors (Lipinski definition) is 5. The Morgan fingerprint density at radius 1 is 0.509 bits per heavy atom. The van der Waals surface area contributed by atoms with Crippen LogP contribution in [0, 0.1) is 0 Å². The average molecular weight is 748 g/mol. The van der Waals surface area contributed by atoms with Crippen molar-refractivity contribution in [3.8, 4) is 0 Å². The first-order valence-electron chi connectivity index (χ1n) is 23.1. The Labute approximate surface area is 329 Å². The van der Waals surface area contributed by atoms with Crippen LogP contribution in [-0.2, 0) is 14.3 Å². The van der Waals surface area contributed by atoms with Gasteiger partial charge in [-0.2, -0.15) is 0 Å². The van der Waals surface area contributed by atoms with Crippen LogP contribution in [0.15, 0.2) is 24.3 Å². The smallest absolute Gasteiger partial charge is 0.305 e. The molecule has 0 aromatic rings. The molecule has 0 aromatic heterocycles. The van der Waals surface area contributed by atoms with E-state index in [1.807, 2.05) is 0 Å². The Hall–Kier alpha value is -1.66. The highest BCUT2D eigenvalue weighted by Gasteiger charge is 2.20. The molecule has 0 spiro atoms. The van der Waals surface area contributed by atoms with Gasteiger partial charge < -0.3 is 20.3 Å². The van der Waals surface area contributed by atoms with Crippen molar-refractivity contribution in [2.75, 3.05) is 13.2 Å². The second kappa shape index (κ2) is 43.1. The second-order valence-electron chi connectivity index (χ2n) is 15.7. The average Bonchev–Trinajstić information content (AvgIpc) is 3.16. The zero-order chi connectivity index (χ0) is 38.7.